The molecule has 0 aliphatic carbocycles. The van der Waals surface area contributed by atoms with Gasteiger partial charge in [-0.2, -0.15) is 0 Å². The van der Waals surface area contributed by atoms with Gasteiger partial charge in [-0.15, -0.1) is 22.9 Å². The molecule has 15 heavy (non-hydrogen) atoms. The number of aryl methyl sites for hydroxylation is 1. The molecule has 0 radical (unpaired) electrons. The topological polar surface area (TPSA) is 22.1 Å². The van der Waals surface area contributed by atoms with Crippen LogP contribution in [0.25, 0.3) is 0 Å². The first-order valence-electron chi connectivity index (χ1n) is 5.25. The van der Waals surface area contributed by atoms with Crippen molar-refractivity contribution < 1.29 is 4.74 Å². The van der Waals surface area contributed by atoms with Crippen LogP contribution in [-0.4, -0.2) is 23.6 Å². The number of alkyl halides is 1. The lowest BCUT2D eigenvalue weighted by atomic mass is 9.80. The van der Waals surface area contributed by atoms with E-state index in [0.29, 0.717) is 5.88 Å². The van der Waals surface area contributed by atoms with E-state index in [1.807, 2.05) is 13.1 Å². The molecule has 0 saturated carbocycles. The Morgan fingerprint density at radius 2 is 2.53 bits per heavy atom. The molecule has 2 nitrogen and oxygen atoms in total. The molecule has 0 N–H and O–H groups in total. The Bertz CT molecular complexity index is 341. The van der Waals surface area contributed by atoms with Gasteiger partial charge in [-0.05, 0) is 26.7 Å². The van der Waals surface area contributed by atoms with Crippen LogP contribution in [0, 0.1) is 12.3 Å². The van der Waals surface area contributed by atoms with Crippen molar-refractivity contribution in [3.63, 3.8) is 0 Å². The molecule has 2 rings (SSSR count). The third kappa shape index (κ3) is 2.19. The van der Waals surface area contributed by atoms with Gasteiger partial charge in [0.05, 0.1) is 11.1 Å². The highest BCUT2D eigenvalue weighted by atomic mass is 35.5. The quantitative estimate of drug-likeness (QED) is 0.764. The maximum absolute atomic E-state index is 6.12. The lowest BCUT2D eigenvalue weighted by Gasteiger charge is -2.29. The summed E-state index contributed by atoms with van der Waals surface area (Å²) in [4.78, 5) is 5.61. The van der Waals surface area contributed by atoms with Gasteiger partial charge in [0.1, 0.15) is 0 Å². The summed E-state index contributed by atoms with van der Waals surface area (Å²) in [5.41, 5.74) is 0.126. The van der Waals surface area contributed by atoms with Gasteiger partial charge in [0, 0.05) is 29.0 Å². The average Bonchev–Trinajstić information content (AvgIpc) is 2.76. The summed E-state index contributed by atoms with van der Waals surface area (Å²) in [5, 5.41) is 1.13. The van der Waals surface area contributed by atoms with Crippen LogP contribution in [0.4, 0.5) is 0 Å². The second kappa shape index (κ2) is 4.40. The molecule has 1 aromatic heterocycles. The highest BCUT2D eigenvalue weighted by Crippen LogP contribution is 2.40. The number of hydrogen-bond acceptors (Lipinski definition) is 3. The van der Waals surface area contributed by atoms with Crippen molar-refractivity contribution in [2.45, 2.75) is 32.8 Å². The van der Waals surface area contributed by atoms with Crippen LogP contribution in [0.2, 0.25) is 0 Å². The van der Waals surface area contributed by atoms with E-state index in [-0.39, 0.29) is 11.5 Å². The Labute approximate surface area is 99.6 Å². The number of thiazole rings is 1. The normalized spacial score (nSPS) is 31.0. The van der Waals surface area contributed by atoms with Crippen LogP contribution < -0.4 is 0 Å². The molecular formula is C11H16ClNOS. The Balaban J connectivity index is 2.14. The van der Waals surface area contributed by atoms with Gasteiger partial charge in [0.2, 0.25) is 0 Å². The lowest BCUT2D eigenvalue weighted by Crippen LogP contribution is -2.32. The first-order chi connectivity index (χ1) is 7.16. The molecule has 0 aromatic carbocycles. The first kappa shape index (κ1) is 11.4. The molecule has 1 aliphatic rings. The second-order valence-electron chi connectivity index (χ2n) is 4.28. The van der Waals surface area contributed by atoms with Gasteiger partial charge in [0.15, 0.2) is 0 Å². The molecule has 0 spiro atoms. The number of aromatic nitrogens is 1. The van der Waals surface area contributed by atoms with Gasteiger partial charge in [-0.3, -0.25) is 0 Å². The van der Waals surface area contributed by atoms with Crippen molar-refractivity contribution in [2.75, 3.05) is 12.5 Å². The van der Waals surface area contributed by atoms with Crippen LogP contribution in [-0.2, 0) is 11.2 Å². The molecule has 84 valence electrons. The molecule has 1 fully saturated rings. The molecule has 0 bridgehead atoms. The zero-order chi connectivity index (χ0) is 10.9. The summed E-state index contributed by atoms with van der Waals surface area (Å²) in [6, 6.07) is 0. The summed E-state index contributed by atoms with van der Waals surface area (Å²) in [5.74, 6) is 0.672. The van der Waals surface area contributed by atoms with Gasteiger partial charge < -0.3 is 4.74 Å². The Kier molecular flexibility index (Phi) is 3.33. The van der Waals surface area contributed by atoms with Crippen molar-refractivity contribution in [3.05, 3.63) is 16.1 Å². The van der Waals surface area contributed by atoms with E-state index >= 15 is 0 Å². The largest absolute Gasteiger partial charge is 0.378 e. The standard InChI is InChI=1S/C11H16ClNOS/c1-8-11(7-12,3-4-14-8)5-10-6-13-9(2)15-10/h6,8H,3-5,7H2,1-2H3. The molecule has 2 heterocycles. The van der Waals surface area contributed by atoms with Crippen molar-refractivity contribution >= 4 is 22.9 Å². The lowest BCUT2D eigenvalue weighted by molar-refractivity contribution is 0.0739. The van der Waals surface area contributed by atoms with E-state index < -0.39 is 0 Å². The zero-order valence-corrected chi connectivity index (χ0v) is 10.7. The summed E-state index contributed by atoms with van der Waals surface area (Å²) in [7, 11) is 0. The Morgan fingerprint density at radius 3 is 3.00 bits per heavy atom. The molecule has 1 aromatic rings. The summed E-state index contributed by atoms with van der Waals surface area (Å²) in [6.45, 7) is 5.01. The van der Waals surface area contributed by atoms with Gasteiger partial charge in [-0.25, -0.2) is 4.98 Å². The van der Waals surface area contributed by atoms with E-state index in [9.17, 15) is 0 Å². The number of rotatable bonds is 3. The van der Waals surface area contributed by atoms with E-state index in [4.69, 9.17) is 16.3 Å². The Morgan fingerprint density at radius 1 is 1.73 bits per heavy atom. The molecular weight excluding hydrogens is 230 g/mol. The number of halogens is 1. The summed E-state index contributed by atoms with van der Waals surface area (Å²) >= 11 is 7.89. The predicted octanol–water partition coefficient (Wildman–Crippen LogP) is 3.03. The highest BCUT2D eigenvalue weighted by Gasteiger charge is 2.41. The smallest absolute Gasteiger partial charge is 0.0896 e. The second-order valence-corrected chi connectivity index (χ2v) is 5.87. The van der Waals surface area contributed by atoms with Gasteiger partial charge in [0.25, 0.3) is 0 Å². The van der Waals surface area contributed by atoms with Crippen LogP contribution in [0.15, 0.2) is 6.20 Å². The minimum absolute atomic E-state index is 0.126. The van der Waals surface area contributed by atoms with Crippen molar-refractivity contribution in [3.8, 4) is 0 Å². The summed E-state index contributed by atoms with van der Waals surface area (Å²) in [6.07, 6.45) is 4.30. The first-order valence-corrected chi connectivity index (χ1v) is 6.60. The minimum atomic E-state index is 0.126. The minimum Gasteiger partial charge on any atom is -0.378 e. The van der Waals surface area contributed by atoms with Crippen LogP contribution in [0.3, 0.4) is 0 Å². The van der Waals surface area contributed by atoms with Crippen LogP contribution in [0.1, 0.15) is 23.2 Å². The molecule has 4 heteroatoms. The average molecular weight is 246 g/mol. The van der Waals surface area contributed by atoms with Crippen molar-refractivity contribution in [1.29, 1.82) is 0 Å². The van der Waals surface area contributed by atoms with Crippen molar-refractivity contribution in [2.24, 2.45) is 5.41 Å². The highest BCUT2D eigenvalue weighted by molar-refractivity contribution is 7.11. The molecule has 1 aliphatic heterocycles. The van der Waals surface area contributed by atoms with E-state index in [1.54, 1.807) is 11.3 Å². The monoisotopic (exact) mass is 245 g/mol. The molecule has 0 amide bonds. The maximum Gasteiger partial charge on any atom is 0.0896 e. The van der Waals surface area contributed by atoms with Crippen LogP contribution >= 0.6 is 22.9 Å². The third-order valence-corrected chi connectivity index (χ3v) is 4.74. The van der Waals surface area contributed by atoms with Gasteiger partial charge in [-0.1, -0.05) is 0 Å². The van der Waals surface area contributed by atoms with E-state index in [0.717, 1.165) is 24.5 Å². The predicted molar refractivity (Wildman–Crippen MR) is 63.7 cm³/mol. The molecule has 2 unspecified atom stereocenters. The number of ether oxygens (including phenoxy) is 1. The van der Waals surface area contributed by atoms with E-state index in [1.165, 1.54) is 4.88 Å². The summed E-state index contributed by atoms with van der Waals surface area (Å²) < 4.78 is 5.64. The Hall–Kier alpha value is -0.120. The fraction of sp³-hybridized carbons (Fsp3) is 0.727. The van der Waals surface area contributed by atoms with E-state index in [2.05, 4.69) is 11.9 Å². The van der Waals surface area contributed by atoms with Crippen molar-refractivity contribution in [1.82, 2.24) is 4.98 Å². The number of hydrogen-bond donors (Lipinski definition) is 0. The molecule has 1 saturated heterocycles. The number of nitrogens with zero attached hydrogens (tertiary/aromatic N) is 1. The molecule has 2 atom stereocenters. The van der Waals surface area contributed by atoms with Crippen LogP contribution in [0.5, 0.6) is 0 Å². The zero-order valence-electron chi connectivity index (χ0n) is 9.12. The fourth-order valence-corrected chi connectivity index (χ4v) is 3.50. The maximum atomic E-state index is 6.12. The fourth-order valence-electron chi connectivity index (χ4n) is 2.11. The third-order valence-electron chi connectivity index (χ3n) is 3.29. The van der Waals surface area contributed by atoms with Gasteiger partial charge >= 0.3 is 0 Å². The SMILES string of the molecule is Cc1ncc(CC2(CCl)CCOC2C)s1.